The van der Waals surface area contributed by atoms with Crippen molar-refractivity contribution in [3.05, 3.63) is 53.9 Å². The number of rotatable bonds is 10. The third kappa shape index (κ3) is 8.31. The number of nitrogens with one attached hydrogen (secondary N) is 2. The molecule has 1 aromatic carbocycles. The lowest BCUT2D eigenvalue weighted by molar-refractivity contribution is 0.0420. The van der Waals surface area contributed by atoms with Crippen molar-refractivity contribution in [2.75, 3.05) is 32.9 Å². The molecule has 1 unspecified atom stereocenters. The van der Waals surface area contributed by atoms with Crippen LogP contribution >= 0.6 is 24.0 Å². The second-order valence-electron chi connectivity index (χ2n) is 6.80. The first-order chi connectivity index (χ1) is 13.8. The minimum absolute atomic E-state index is 0. The van der Waals surface area contributed by atoms with Crippen LogP contribution in [-0.4, -0.2) is 54.8 Å². The summed E-state index contributed by atoms with van der Waals surface area (Å²) < 4.78 is 13.1. The summed E-state index contributed by atoms with van der Waals surface area (Å²) in [5.74, 6) is 0.834. The number of nitrogens with zero attached hydrogens (tertiary/aromatic N) is 3. The van der Waals surface area contributed by atoms with Gasteiger partial charge in [0.25, 0.3) is 0 Å². The largest absolute Gasteiger partial charge is 0.379 e. The average Bonchev–Trinajstić information content (AvgIpc) is 3.41. The Balaban J connectivity index is 0.00000300. The maximum absolute atomic E-state index is 5.81. The van der Waals surface area contributed by atoms with Crippen molar-refractivity contribution in [1.82, 2.24) is 20.4 Å². The third-order valence-electron chi connectivity index (χ3n) is 4.62. The molecule has 0 spiro atoms. The van der Waals surface area contributed by atoms with E-state index in [1.807, 2.05) is 16.9 Å². The first-order valence-corrected chi connectivity index (χ1v) is 10.1. The smallest absolute Gasteiger partial charge is 0.191 e. The highest BCUT2D eigenvalue weighted by atomic mass is 127. The standard InChI is InChI=1S/C21H31N5O2.HI/c1-2-22-21(23-10-6-13-28-20-9-14-27-17-20)24-15-18-7-3-4-8-19(18)16-26-12-5-11-25-26;/h3-5,7-8,11-12,20H,2,6,9-10,13-17H2,1H3,(H2,22,23,24);1H. The zero-order chi connectivity index (χ0) is 19.4. The highest BCUT2D eigenvalue weighted by molar-refractivity contribution is 14.0. The first-order valence-electron chi connectivity index (χ1n) is 10.1. The Labute approximate surface area is 190 Å². The summed E-state index contributed by atoms with van der Waals surface area (Å²) in [6.45, 7) is 7.41. The van der Waals surface area contributed by atoms with Crippen molar-refractivity contribution in [1.29, 1.82) is 0 Å². The van der Waals surface area contributed by atoms with Gasteiger partial charge in [0, 0.05) is 38.7 Å². The Bertz CT molecular complexity index is 718. The molecule has 1 aliphatic heterocycles. The van der Waals surface area contributed by atoms with Crippen LogP contribution in [0, 0.1) is 0 Å². The van der Waals surface area contributed by atoms with E-state index in [1.54, 1.807) is 6.20 Å². The molecular formula is C21H32IN5O2. The molecule has 3 rings (SSSR count). The molecule has 0 amide bonds. The highest BCUT2D eigenvalue weighted by Gasteiger charge is 2.15. The van der Waals surface area contributed by atoms with E-state index >= 15 is 0 Å². The van der Waals surface area contributed by atoms with Gasteiger partial charge in [0.15, 0.2) is 5.96 Å². The van der Waals surface area contributed by atoms with Crippen LogP contribution in [0.4, 0.5) is 0 Å². The number of guanidine groups is 1. The van der Waals surface area contributed by atoms with Crippen LogP contribution in [0.3, 0.4) is 0 Å². The van der Waals surface area contributed by atoms with Crippen molar-refractivity contribution in [3.63, 3.8) is 0 Å². The van der Waals surface area contributed by atoms with E-state index in [1.165, 1.54) is 11.1 Å². The molecule has 1 aromatic heterocycles. The van der Waals surface area contributed by atoms with E-state index in [9.17, 15) is 0 Å². The van der Waals surface area contributed by atoms with Gasteiger partial charge in [0.2, 0.25) is 0 Å². The van der Waals surface area contributed by atoms with Crippen molar-refractivity contribution < 1.29 is 9.47 Å². The zero-order valence-corrected chi connectivity index (χ0v) is 19.4. The molecule has 2 aromatic rings. The topological polar surface area (TPSA) is 72.7 Å². The zero-order valence-electron chi connectivity index (χ0n) is 17.0. The molecule has 0 saturated carbocycles. The molecule has 2 heterocycles. The molecule has 0 aliphatic carbocycles. The number of aliphatic imine (C=N–C) groups is 1. The van der Waals surface area contributed by atoms with Crippen LogP contribution < -0.4 is 10.6 Å². The number of hydrogen-bond donors (Lipinski definition) is 2. The minimum Gasteiger partial charge on any atom is -0.379 e. The molecule has 7 nitrogen and oxygen atoms in total. The lowest BCUT2D eigenvalue weighted by Crippen LogP contribution is -2.38. The van der Waals surface area contributed by atoms with Crippen LogP contribution in [0.1, 0.15) is 30.9 Å². The predicted molar refractivity (Wildman–Crippen MR) is 126 cm³/mol. The van der Waals surface area contributed by atoms with E-state index in [2.05, 4.69) is 46.9 Å². The number of halogens is 1. The van der Waals surface area contributed by atoms with Crippen molar-refractivity contribution in [2.24, 2.45) is 4.99 Å². The predicted octanol–water partition coefficient (Wildman–Crippen LogP) is 2.80. The SMILES string of the molecule is CCNC(=NCc1ccccc1Cn1cccn1)NCCCOC1CCOC1.I. The summed E-state index contributed by atoms with van der Waals surface area (Å²) in [5.41, 5.74) is 2.44. The fourth-order valence-corrected chi connectivity index (χ4v) is 3.11. The molecule has 160 valence electrons. The van der Waals surface area contributed by atoms with Crippen molar-refractivity contribution >= 4 is 29.9 Å². The second-order valence-corrected chi connectivity index (χ2v) is 6.80. The summed E-state index contributed by atoms with van der Waals surface area (Å²) in [7, 11) is 0. The Morgan fingerprint density at radius 3 is 2.86 bits per heavy atom. The maximum Gasteiger partial charge on any atom is 0.191 e. The average molecular weight is 513 g/mol. The quantitative estimate of drug-likeness (QED) is 0.221. The van der Waals surface area contributed by atoms with E-state index in [0.717, 1.165) is 58.3 Å². The van der Waals surface area contributed by atoms with Crippen molar-refractivity contribution in [2.45, 2.75) is 39.0 Å². The fourth-order valence-electron chi connectivity index (χ4n) is 3.11. The molecular weight excluding hydrogens is 481 g/mol. The van der Waals surface area contributed by atoms with Crippen LogP contribution in [0.5, 0.6) is 0 Å². The van der Waals surface area contributed by atoms with Gasteiger partial charge in [-0.2, -0.15) is 5.10 Å². The van der Waals surface area contributed by atoms with E-state index in [-0.39, 0.29) is 30.1 Å². The van der Waals surface area contributed by atoms with Crippen LogP contribution in [0.15, 0.2) is 47.7 Å². The third-order valence-corrected chi connectivity index (χ3v) is 4.62. The van der Waals surface area contributed by atoms with E-state index in [4.69, 9.17) is 14.5 Å². The molecule has 8 heteroatoms. The van der Waals surface area contributed by atoms with Gasteiger partial charge in [-0.1, -0.05) is 24.3 Å². The van der Waals surface area contributed by atoms with Gasteiger partial charge >= 0.3 is 0 Å². The summed E-state index contributed by atoms with van der Waals surface area (Å²) in [6, 6.07) is 10.3. The maximum atomic E-state index is 5.81. The molecule has 2 N–H and O–H groups in total. The minimum atomic E-state index is 0. The summed E-state index contributed by atoms with van der Waals surface area (Å²) >= 11 is 0. The monoisotopic (exact) mass is 513 g/mol. The van der Waals surface area contributed by atoms with Crippen LogP contribution in [0.2, 0.25) is 0 Å². The van der Waals surface area contributed by atoms with Crippen molar-refractivity contribution in [3.8, 4) is 0 Å². The van der Waals surface area contributed by atoms with E-state index < -0.39 is 0 Å². The van der Waals surface area contributed by atoms with Gasteiger partial charge in [-0.15, -0.1) is 24.0 Å². The number of benzene rings is 1. The lowest BCUT2D eigenvalue weighted by atomic mass is 10.1. The fraction of sp³-hybridized carbons (Fsp3) is 0.524. The molecule has 1 aliphatic rings. The van der Waals surface area contributed by atoms with Gasteiger partial charge in [-0.25, -0.2) is 4.99 Å². The Morgan fingerprint density at radius 1 is 1.28 bits per heavy atom. The number of aromatic nitrogens is 2. The molecule has 29 heavy (non-hydrogen) atoms. The summed E-state index contributed by atoms with van der Waals surface area (Å²) in [6.07, 6.45) is 6.00. The van der Waals surface area contributed by atoms with Crippen LogP contribution in [-0.2, 0) is 22.6 Å². The number of hydrogen-bond acceptors (Lipinski definition) is 4. The molecule has 1 atom stereocenters. The number of ether oxygens (including phenoxy) is 2. The Kier molecular flexibility index (Phi) is 11.0. The van der Waals surface area contributed by atoms with Crippen LogP contribution in [0.25, 0.3) is 0 Å². The Hall–Kier alpha value is -1.65. The van der Waals surface area contributed by atoms with Gasteiger partial charge in [-0.3, -0.25) is 4.68 Å². The van der Waals surface area contributed by atoms with Gasteiger partial charge < -0.3 is 20.1 Å². The summed E-state index contributed by atoms with van der Waals surface area (Å²) in [4.78, 5) is 4.75. The second kappa shape index (κ2) is 13.6. The molecule has 0 radical (unpaired) electrons. The first kappa shape index (κ1) is 23.6. The Morgan fingerprint density at radius 2 is 2.14 bits per heavy atom. The molecule has 1 fully saturated rings. The highest BCUT2D eigenvalue weighted by Crippen LogP contribution is 2.12. The van der Waals surface area contributed by atoms with Gasteiger partial charge in [-0.05, 0) is 37.0 Å². The molecule has 1 saturated heterocycles. The van der Waals surface area contributed by atoms with Gasteiger partial charge in [0.1, 0.15) is 0 Å². The van der Waals surface area contributed by atoms with E-state index in [0.29, 0.717) is 6.54 Å². The molecule has 0 bridgehead atoms. The summed E-state index contributed by atoms with van der Waals surface area (Å²) in [5, 5.41) is 11.0. The van der Waals surface area contributed by atoms with Gasteiger partial charge in [0.05, 0.1) is 25.8 Å². The normalized spacial score (nSPS) is 16.4. The lowest BCUT2D eigenvalue weighted by Gasteiger charge is -2.13.